The Morgan fingerprint density at radius 1 is 1.75 bits per heavy atom. The molecule has 3 nitrogen and oxygen atoms in total. The molecule has 1 N–H and O–H groups in total. The third-order valence-electron chi connectivity index (χ3n) is 0.844. The minimum absolute atomic E-state index is 0.0741. The van der Waals surface area contributed by atoms with Crippen molar-refractivity contribution < 1.29 is 4.68 Å². The molecule has 0 saturated carbocycles. The highest BCUT2D eigenvalue weighted by Gasteiger charge is 1.85. The van der Waals surface area contributed by atoms with E-state index in [1.165, 1.54) is 6.07 Å². The molecule has 0 spiro atoms. The third kappa shape index (κ3) is 0.932. The largest absolute Gasteiger partial charge is 0.297 e. The van der Waals surface area contributed by atoms with Gasteiger partial charge in [-0.1, -0.05) is 0 Å². The fourth-order valence-electron chi connectivity index (χ4n) is 0.508. The lowest BCUT2D eigenvalue weighted by molar-refractivity contribution is -0.732. The number of aromatic nitrogens is 2. The van der Waals surface area contributed by atoms with Crippen molar-refractivity contribution >= 4 is 0 Å². The Bertz CT molecular complexity index is 228. The summed E-state index contributed by atoms with van der Waals surface area (Å²) in [7, 11) is 1.77. The van der Waals surface area contributed by atoms with Gasteiger partial charge in [-0.25, -0.2) is 0 Å². The Hall–Kier alpha value is -1.12. The molecule has 3 heteroatoms. The Morgan fingerprint density at radius 2 is 2.50 bits per heavy atom. The van der Waals surface area contributed by atoms with E-state index in [0.29, 0.717) is 0 Å². The molecule has 1 rings (SSSR count). The van der Waals surface area contributed by atoms with Crippen molar-refractivity contribution in [3.63, 3.8) is 0 Å². The first-order valence-electron chi connectivity index (χ1n) is 2.34. The third-order valence-corrected chi connectivity index (χ3v) is 0.844. The van der Waals surface area contributed by atoms with Gasteiger partial charge in [-0.05, 0) is 0 Å². The highest BCUT2D eigenvalue weighted by Crippen LogP contribution is 1.58. The molecule has 0 aliphatic heterocycles. The van der Waals surface area contributed by atoms with Gasteiger partial charge in [-0.15, -0.1) is 9.78 Å². The van der Waals surface area contributed by atoms with E-state index in [4.69, 9.17) is 0 Å². The van der Waals surface area contributed by atoms with Gasteiger partial charge in [0.25, 0.3) is 5.56 Å². The average Bonchev–Trinajstić information content (AvgIpc) is 1.64. The van der Waals surface area contributed by atoms with E-state index in [9.17, 15) is 4.79 Å². The number of H-pyrrole nitrogens is 1. The number of rotatable bonds is 0. The van der Waals surface area contributed by atoms with Crippen LogP contribution in [-0.2, 0) is 7.05 Å². The van der Waals surface area contributed by atoms with E-state index in [2.05, 4.69) is 5.10 Å². The summed E-state index contributed by atoms with van der Waals surface area (Å²) in [6, 6.07) is 3.17. The van der Waals surface area contributed by atoms with Crippen LogP contribution in [0.5, 0.6) is 0 Å². The summed E-state index contributed by atoms with van der Waals surface area (Å²) in [5.41, 5.74) is -0.0741. The lowest BCUT2D eigenvalue weighted by Gasteiger charge is -1.78. The summed E-state index contributed by atoms with van der Waals surface area (Å²) in [5, 5.41) is 2.53. The molecule has 0 aromatic carbocycles. The van der Waals surface area contributed by atoms with Crippen molar-refractivity contribution in [2.75, 3.05) is 0 Å². The van der Waals surface area contributed by atoms with E-state index in [1.807, 2.05) is 0 Å². The fraction of sp³-hybridized carbons (Fsp3) is 0.200. The van der Waals surface area contributed by atoms with Crippen LogP contribution in [0, 0.1) is 0 Å². The van der Waals surface area contributed by atoms with Crippen molar-refractivity contribution in [1.82, 2.24) is 5.10 Å². The zero-order valence-electron chi connectivity index (χ0n) is 4.59. The minimum Gasteiger partial charge on any atom is -0.264 e. The average molecular weight is 111 g/mol. The van der Waals surface area contributed by atoms with Gasteiger partial charge in [-0.2, -0.15) is 0 Å². The fourth-order valence-corrected chi connectivity index (χ4v) is 0.508. The SMILES string of the molecule is C[n+]1cccc(=O)[nH]1. The first-order valence-corrected chi connectivity index (χ1v) is 2.34. The number of aromatic amines is 1. The molecular weight excluding hydrogens is 104 g/mol. The number of nitrogens with zero attached hydrogens (tertiary/aromatic N) is 1. The first kappa shape index (κ1) is 5.03. The van der Waals surface area contributed by atoms with Crippen molar-refractivity contribution in [3.8, 4) is 0 Å². The molecule has 0 aliphatic rings. The van der Waals surface area contributed by atoms with Crippen LogP contribution in [-0.4, -0.2) is 5.10 Å². The summed E-state index contributed by atoms with van der Waals surface area (Å²) < 4.78 is 1.60. The Kier molecular flexibility index (Phi) is 1.12. The lowest BCUT2D eigenvalue weighted by Crippen LogP contribution is -2.37. The molecule has 42 valence electrons. The zero-order chi connectivity index (χ0) is 5.98. The molecular formula is C5H7N2O+. The summed E-state index contributed by atoms with van der Waals surface area (Å²) >= 11 is 0. The minimum atomic E-state index is -0.0741. The van der Waals surface area contributed by atoms with Gasteiger partial charge >= 0.3 is 0 Å². The zero-order valence-corrected chi connectivity index (χ0v) is 4.59. The molecule has 1 heterocycles. The maximum Gasteiger partial charge on any atom is 0.297 e. The van der Waals surface area contributed by atoms with Crippen molar-refractivity contribution in [1.29, 1.82) is 0 Å². The molecule has 0 fully saturated rings. The van der Waals surface area contributed by atoms with Crippen molar-refractivity contribution in [3.05, 3.63) is 28.7 Å². The van der Waals surface area contributed by atoms with Crippen LogP contribution < -0.4 is 10.2 Å². The topological polar surface area (TPSA) is 36.7 Å². The molecule has 8 heavy (non-hydrogen) atoms. The normalized spacial score (nSPS) is 9.12. The predicted octanol–water partition coefficient (Wildman–Crippen LogP) is -0.801. The quantitative estimate of drug-likeness (QED) is 0.437. The summed E-state index contributed by atoms with van der Waals surface area (Å²) in [5.74, 6) is 0. The number of hydrogen-bond donors (Lipinski definition) is 1. The van der Waals surface area contributed by atoms with Gasteiger partial charge in [0, 0.05) is 12.1 Å². The summed E-state index contributed by atoms with van der Waals surface area (Å²) in [4.78, 5) is 10.4. The van der Waals surface area contributed by atoms with E-state index < -0.39 is 0 Å². The molecule has 0 unspecified atom stereocenters. The standard InChI is InChI=1S/C5H6N2O/c1-7-4-2-3-5(8)6-7/h2-4H,1H3/p+1. The van der Waals surface area contributed by atoms with E-state index in [0.717, 1.165) is 0 Å². The molecule has 0 aliphatic carbocycles. The van der Waals surface area contributed by atoms with Gasteiger partial charge < -0.3 is 0 Å². The second-order valence-electron chi connectivity index (χ2n) is 1.60. The van der Waals surface area contributed by atoms with Crippen LogP contribution in [0.25, 0.3) is 0 Å². The van der Waals surface area contributed by atoms with Crippen LogP contribution in [0.2, 0.25) is 0 Å². The van der Waals surface area contributed by atoms with Gasteiger partial charge in [-0.3, -0.25) is 4.79 Å². The second-order valence-corrected chi connectivity index (χ2v) is 1.60. The van der Waals surface area contributed by atoms with Gasteiger partial charge in [0.2, 0.25) is 0 Å². The van der Waals surface area contributed by atoms with Crippen LogP contribution in [0.1, 0.15) is 0 Å². The number of hydrogen-bond acceptors (Lipinski definition) is 1. The molecule has 0 amide bonds. The monoisotopic (exact) mass is 111 g/mol. The van der Waals surface area contributed by atoms with Crippen LogP contribution in [0.4, 0.5) is 0 Å². The van der Waals surface area contributed by atoms with E-state index in [1.54, 1.807) is 24.0 Å². The summed E-state index contributed by atoms with van der Waals surface area (Å²) in [6.07, 6.45) is 1.77. The van der Waals surface area contributed by atoms with Crippen molar-refractivity contribution in [2.24, 2.45) is 7.05 Å². The van der Waals surface area contributed by atoms with Gasteiger partial charge in [0.15, 0.2) is 13.2 Å². The molecule has 1 aromatic rings. The van der Waals surface area contributed by atoms with Crippen LogP contribution in [0.3, 0.4) is 0 Å². The Labute approximate surface area is 46.6 Å². The smallest absolute Gasteiger partial charge is 0.264 e. The molecule has 0 bridgehead atoms. The van der Waals surface area contributed by atoms with Gasteiger partial charge in [0.1, 0.15) is 0 Å². The van der Waals surface area contributed by atoms with Gasteiger partial charge in [0.05, 0.1) is 0 Å². The highest BCUT2D eigenvalue weighted by atomic mass is 16.1. The Morgan fingerprint density at radius 3 is 2.88 bits per heavy atom. The van der Waals surface area contributed by atoms with Crippen molar-refractivity contribution in [2.45, 2.75) is 0 Å². The first-order chi connectivity index (χ1) is 3.79. The number of nitrogens with one attached hydrogen (secondary N) is 1. The molecule has 0 atom stereocenters. The lowest BCUT2D eigenvalue weighted by atomic mass is 10.6. The Balaban J connectivity index is 3.28. The van der Waals surface area contributed by atoms with E-state index in [-0.39, 0.29) is 5.56 Å². The number of aryl methyl sites for hydroxylation is 1. The van der Waals surface area contributed by atoms with Crippen LogP contribution in [0.15, 0.2) is 23.1 Å². The molecule has 0 saturated heterocycles. The van der Waals surface area contributed by atoms with E-state index >= 15 is 0 Å². The maximum atomic E-state index is 10.4. The molecule has 1 aromatic heterocycles. The predicted molar refractivity (Wildman–Crippen MR) is 28.2 cm³/mol. The second kappa shape index (κ2) is 1.78. The summed E-state index contributed by atoms with van der Waals surface area (Å²) in [6.45, 7) is 0. The molecule has 0 radical (unpaired) electrons. The van der Waals surface area contributed by atoms with Crippen LogP contribution >= 0.6 is 0 Å². The highest BCUT2D eigenvalue weighted by molar-refractivity contribution is 4.78. The maximum absolute atomic E-state index is 10.4.